The van der Waals surface area contributed by atoms with E-state index >= 15 is 0 Å². The van der Waals surface area contributed by atoms with E-state index in [0.717, 1.165) is 9.26 Å². The predicted octanol–water partition coefficient (Wildman–Crippen LogP) is 4.28. The van der Waals surface area contributed by atoms with Crippen LogP contribution in [0.2, 0.25) is 0 Å². The Labute approximate surface area is 181 Å². The standard InChI is InChI=1S/C20H20IN3O3S/c1-3-24-18(25)12-17(19(26)22-14-8-10-16(27-2)11-9-14)28-20(24)23-15-6-4-13(21)5-7-15/h4-11,17H,3,12H2,1-2H3,(H,22,26). The maximum absolute atomic E-state index is 12.7. The number of hydrogen-bond donors (Lipinski definition) is 1. The molecule has 8 heteroatoms. The van der Waals surface area contributed by atoms with Crippen molar-refractivity contribution in [3.05, 3.63) is 52.1 Å². The number of carbonyl (C=O) groups is 2. The SMILES string of the molecule is CCN1C(=O)CC(C(=O)Nc2ccc(OC)cc2)SC1=Nc1ccc(I)cc1. The van der Waals surface area contributed by atoms with Crippen molar-refractivity contribution in [1.82, 2.24) is 4.90 Å². The lowest BCUT2D eigenvalue weighted by Crippen LogP contribution is -2.45. The molecule has 28 heavy (non-hydrogen) atoms. The van der Waals surface area contributed by atoms with Gasteiger partial charge in [-0.1, -0.05) is 11.8 Å². The van der Waals surface area contributed by atoms with Gasteiger partial charge in [-0.2, -0.15) is 0 Å². The molecule has 0 saturated carbocycles. The van der Waals surface area contributed by atoms with Crippen molar-refractivity contribution in [3.63, 3.8) is 0 Å². The van der Waals surface area contributed by atoms with E-state index in [9.17, 15) is 9.59 Å². The molecule has 1 unspecified atom stereocenters. The van der Waals surface area contributed by atoms with Crippen molar-refractivity contribution in [2.75, 3.05) is 19.0 Å². The largest absolute Gasteiger partial charge is 0.497 e. The van der Waals surface area contributed by atoms with Crippen molar-refractivity contribution in [1.29, 1.82) is 0 Å². The number of anilines is 1. The molecule has 0 aliphatic carbocycles. The van der Waals surface area contributed by atoms with E-state index < -0.39 is 5.25 Å². The number of amides is 2. The van der Waals surface area contributed by atoms with Crippen molar-refractivity contribution in [2.45, 2.75) is 18.6 Å². The minimum Gasteiger partial charge on any atom is -0.497 e. The van der Waals surface area contributed by atoms with Crippen LogP contribution in [0.4, 0.5) is 11.4 Å². The number of halogens is 1. The smallest absolute Gasteiger partial charge is 0.238 e. The van der Waals surface area contributed by atoms with Gasteiger partial charge in [0.1, 0.15) is 11.0 Å². The summed E-state index contributed by atoms with van der Waals surface area (Å²) in [4.78, 5) is 31.5. The number of nitrogens with one attached hydrogen (secondary N) is 1. The molecule has 1 saturated heterocycles. The Morgan fingerprint density at radius 1 is 1.25 bits per heavy atom. The van der Waals surface area contributed by atoms with Crippen molar-refractivity contribution >= 4 is 62.7 Å². The molecule has 6 nitrogen and oxygen atoms in total. The number of rotatable bonds is 5. The highest BCUT2D eigenvalue weighted by atomic mass is 127. The van der Waals surface area contributed by atoms with E-state index in [1.54, 1.807) is 36.3 Å². The van der Waals surface area contributed by atoms with E-state index in [0.29, 0.717) is 23.1 Å². The first-order valence-corrected chi connectivity index (χ1v) is 10.7. The summed E-state index contributed by atoms with van der Waals surface area (Å²) in [6, 6.07) is 14.8. The molecule has 0 radical (unpaired) electrons. The molecule has 3 rings (SSSR count). The second-order valence-electron chi connectivity index (χ2n) is 6.04. The summed E-state index contributed by atoms with van der Waals surface area (Å²) in [6.45, 7) is 2.42. The van der Waals surface area contributed by atoms with Gasteiger partial charge in [-0.15, -0.1) is 0 Å². The lowest BCUT2D eigenvalue weighted by molar-refractivity contribution is -0.129. The highest BCUT2D eigenvalue weighted by Gasteiger charge is 2.35. The average molecular weight is 509 g/mol. The van der Waals surface area contributed by atoms with Crippen LogP contribution in [0.1, 0.15) is 13.3 Å². The summed E-state index contributed by atoms with van der Waals surface area (Å²) in [5.41, 5.74) is 1.42. The molecular weight excluding hydrogens is 489 g/mol. The molecule has 0 bridgehead atoms. The number of ether oxygens (including phenoxy) is 1. The molecule has 146 valence electrons. The first-order chi connectivity index (χ1) is 13.5. The Morgan fingerprint density at radius 3 is 2.54 bits per heavy atom. The fraction of sp³-hybridized carbons (Fsp3) is 0.250. The normalized spacial score (nSPS) is 18.2. The van der Waals surface area contributed by atoms with E-state index in [4.69, 9.17) is 4.74 Å². The Hall–Kier alpha value is -2.07. The molecule has 2 aromatic carbocycles. The lowest BCUT2D eigenvalue weighted by Gasteiger charge is -2.30. The number of nitrogens with zero attached hydrogens (tertiary/aromatic N) is 2. The quantitative estimate of drug-likeness (QED) is 0.611. The molecule has 2 amide bonds. The molecule has 2 aromatic rings. The van der Waals surface area contributed by atoms with Crippen LogP contribution >= 0.6 is 34.4 Å². The Morgan fingerprint density at radius 2 is 1.93 bits per heavy atom. The van der Waals surface area contributed by atoms with E-state index in [1.165, 1.54) is 11.8 Å². The lowest BCUT2D eigenvalue weighted by atomic mass is 10.2. The topological polar surface area (TPSA) is 71.0 Å². The number of hydrogen-bond acceptors (Lipinski definition) is 5. The fourth-order valence-corrected chi connectivity index (χ4v) is 4.20. The Kier molecular flexibility index (Phi) is 6.95. The number of benzene rings is 2. The highest BCUT2D eigenvalue weighted by molar-refractivity contribution is 14.1. The molecular formula is C20H20IN3O3S. The van der Waals surface area contributed by atoms with Crippen LogP contribution in [-0.4, -0.2) is 40.8 Å². The minimum atomic E-state index is -0.528. The molecule has 1 heterocycles. The van der Waals surface area contributed by atoms with E-state index in [-0.39, 0.29) is 18.2 Å². The first-order valence-electron chi connectivity index (χ1n) is 8.76. The maximum atomic E-state index is 12.7. The third-order valence-corrected chi connectivity index (χ3v) is 6.06. The second kappa shape index (κ2) is 9.42. The fourth-order valence-electron chi connectivity index (χ4n) is 2.68. The van der Waals surface area contributed by atoms with Crippen LogP contribution in [0.15, 0.2) is 53.5 Å². The molecule has 1 fully saturated rings. The van der Waals surface area contributed by atoms with Crippen LogP contribution in [0, 0.1) is 3.57 Å². The molecule has 1 atom stereocenters. The summed E-state index contributed by atoms with van der Waals surface area (Å²) in [7, 11) is 1.59. The van der Waals surface area contributed by atoms with Crippen molar-refractivity contribution in [2.24, 2.45) is 4.99 Å². The first kappa shape index (κ1) is 20.7. The zero-order valence-corrected chi connectivity index (χ0v) is 18.5. The summed E-state index contributed by atoms with van der Waals surface area (Å²) < 4.78 is 6.23. The highest BCUT2D eigenvalue weighted by Crippen LogP contribution is 2.30. The monoisotopic (exact) mass is 509 g/mol. The third kappa shape index (κ3) is 5.05. The van der Waals surface area contributed by atoms with Gasteiger partial charge in [0.25, 0.3) is 0 Å². The van der Waals surface area contributed by atoms with E-state index in [2.05, 4.69) is 32.9 Å². The Balaban J connectivity index is 1.77. The van der Waals surface area contributed by atoms with Gasteiger partial charge in [-0.05, 0) is 78.0 Å². The Bertz CT molecular complexity index is 885. The van der Waals surface area contributed by atoms with Crippen molar-refractivity contribution in [3.8, 4) is 5.75 Å². The average Bonchev–Trinajstić information content (AvgIpc) is 2.70. The molecule has 1 aliphatic heterocycles. The summed E-state index contributed by atoms with van der Waals surface area (Å²) >= 11 is 3.55. The second-order valence-corrected chi connectivity index (χ2v) is 8.45. The molecule has 1 N–H and O–H groups in total. The maximum Gasteiger partial charge on any atom is 0.238 e. The van der Waals surface area contributed by atoms with Gasteiger partial charge in [0.05, 0.1) is 12.8 Å². The zero-order chi connectivity index (χ0) is 20.1. The number of thioether (sulfide) groups is 1. The van der Waals surface area contributed by atoms with Gasteiger partial charge in [0.15, 0.2) is 5.17 Å². The molecule has 0 aromatic heterocycles. The predicted molar refractivity (Wildman–Crippen MR) is 121 cm³/mol. The van der Waals surface area contributed by atoms with Gasteiger partial charge in [0.2, 0.25) is 11.8 Å². The minimum absolute atomic E-state index is 0.0969. The van der Waals surface area contributed by atoms with Gasteiger partial charge in [0, 0.05) is 22.2 Å². The van der Waals surface area contributed by atoms with Crippen LogP contribution in [-0.2, 0) is 9.59 Å². The number of amidine groups is 1. The number of carbonyl (C=O) groups excluding carboxylic acids is 2. The van der Waals surface area contributed by atoms with Crippen LogP contribution in [0.3, 0.4) is 0 Å². The van der Waals surface area contributed by atoms with E-state index in [1.807, 2.05) is 31.2 Å². The summed E-state index contributed by atoms with van der Waals surface area (Å²) in [6.07, 6.45) is 0.145. The van der Waals surface area contributed by atoms with Gasteiger partial charge in [-0.3, -0.25) is 14.5 Å². The zero-order valence-electron chi connectivity index (χ0n) is 15.5. The molecule has 0 spiro atoms. The van der Waals surface area contributed by atoms with Gasteiger partial charge >= 0.3 is 0 Å². The van der Waals surface area contributed by atoms with Crippen molar-refractivity contribution < 1.29 is 14.3 Å². The number of methoxy groups -OCH3 is 1. The van der Waals surface area contributed by atoms with Crippen LogP contribution in [0.25, 0.3) is 0 Å². The van der Waals surface area contributed by atoms with Gasteiger partial charge < -0.3 is 10.1 Å². The summed E-state index contributed by atoms with van der Waals surface area (Å²) in [5.74, 6) is 0.403. The summed E-state index contributed by atoms with van der Waals surface area (Å²) in [5, 5.41) is 2.89. The molecule has 1 aliphatic rings. The number of aliphatic imine (C=N–C) groups is 1. The van der Waals surface area contributed by atoms with Crippen LogP contribution in [0.5, 0.6) is 5.75 Å². The van der Waals surface area contributed by atoms with Crippen LogP contribution < -0.4 is 10.1 Å². The third-order valence-electron chi connectivity index (χ3n) is 4.16. The van der Waals surface area contributed by atoms with Gasteiger partial charge in [-0.25, -0.2) is 4.99 Å².